The minimum atomic E-state index is -0.901. The van der Waals surface area contributed by atoms with Crippen molar-refractivity contribution in [3.05, 3.63) is 52.8 Å². The molecule has 3 rings (SSSR count). The Morgan fingerprint density at radius 2 is 1.93 bits per heavy atom. The highest BCUT2D eigenvalue weighted by molar-refractivity contribution is 6.30. The maximum absolute atomic E-state index is 12.8. The van der Waals surface area contributed by atoms with Gasteiger partial charge in [-0.05, 0) is 37.9 Å². The summed E-state index contributed by atoms with van der Waals surface area (Å²) >= 11 is 5.93. The molecular formula is C19H23ClN4O3. The summed E-state index contributed by atoms with van der Waals surface area (Å²) in [7, 11) is 3.95. The van der Waals surface area contributed by atoms with Crippen molar-refractivity contribution in [3.63, 3.8) is 0 Å². The Hall–Kier alpha value is -2.38. The second-order valence-electron chi connectivity index (χ2n) is 7.08. The van der Waals surface area contributed by atoms with Gasteiger partial charge in [-0.3, -0.25) is 14.3 Å². The molecule has 1 amide bonds. The minimum absolute atomic E-state index is 0.173. The number of hydrogen-bond acceptors (Lipinski definition) is 4. The topological polar surface area (TPSA) is 78.7 Å². The van der Waals surface area contributed by atoms with Crippen LogP contribution in [0.4, 0.5) is 0 Å². The van der Waals surface area contributed by atoms with Crippen molar-refractivity contribution in [2.75, 3.05) is 33.7 Å². The number of carbonyl (C=O) groups is 2. The van der Waals surface area contributed by atoms with Gasteiger partial charge in [0.15, 0.2) is 0 Å². The summed E-state index contributed by atoms with van der Waals surface area (Å²) in [6.45, 7) is 2.03. The largest absolute Gasteiger partial charge is 0.481 e. The summed E-state index contributed by atoms with van der Waals surface area (Å²) in [4.78, 5) is 28.2. The molecule has 0 radical (unpaired) electrons. The number of aliphatic carboxylic acids is 1. The van der Waals surface area contributed by atoms with Crippen LogP contribution >= 0.6 is 11.6 Å². The smallest absolute Gasteiger partial charge is 0.308 e. The maximum atomic E-state index is 12.8. The number of aromatic nitrogens is 2. The zero-order valence-corrected chi connectivity index (χ0v) is 16.1. The Labute approximate surface area is 163 Å². The van der Waals surface area contributed by atoms with E-state index in [4.69, 9.17) is 11.6 Å². The van der Waals surface area contributed by atoms with E-state index in [0.717, 1.165) is 12.1 Å². The predicted molar refractivity (Wildman–Crippen MR) is 102 cm³/mol. The highest BCUT2D eigenvalue weighted by Crippen LogP contribution is 2.34. The summed E-state index contributed by atoms with van der Waals surface area (Å²) in [5.74, 6) is -2.05. The second-order valence-corrected chi connectivity index (χ2v) is 7.52. The molecule has 1 fully saturated rings. The Bertz CT molecular complexity index is 819. The lowest BCUT2D eigenvalue weighted by Crippen LogP contribution is -2.30. The van der Waals surface area contributed by atoms with Crippen molar-refractivity contribution in [1.29, 1.82) is 0 Å². The van der Waals surface area contributed by atoms with Crippen LogP contribution in [0.3, 0.4) is 0 Å². The van der Waals surface area contributed by atoms with Gasteiger partial charge in [0.25, 0.3) is 5.91 Å². The van der Waals surface area contributed by atoms with Crippen LogP contribution < -0.4 is 0 Å². The highest BCUT2D eigenvalue weighted by atomic mass is 35.5. The molecule has 0 aliphatic carbocycles. The van der Waals surface area contributed by atoms with E-state index in [1.54, 1.807) is 34.0 Å². The van der Waals surface area contributed by atoms with Crippen LogP contribution in [0.25, 0.3) is 0 Å². The van der Waals surface area contributed by atoms with Gasteiger partial charge in [-0.15, -0.1) is 0 Å². The molecule has 2 atom stereocenters. The number of amides is 1. The predicted octanol–water partition coefficient (Wildman–Crippen LogP) is 2.04. The average molecular weight is 391 g/mol. The first-order valence-electron chi connectivity index (χ1n) is 8.81. The van der Waals surface area contributed by atoms with Crippen LogP contribution in [0.1, 0.15) is 22.0 Å². The van der Waals surface area contributed by atoms with Crippen LogP contribution in [-0.2, 0) is 11.3 Å². The van der Waals surface area contributed by atoms with Crippen LogP contribution in [-0.4, -0.2) is 70.3 Å². The number of benzene rings is 1. The molecule has 7 nitrogen and oxygen atoms in total. The van der Waals surface area contributed by atoms with Crippen molar-refractivity contribution in [3.8, 4) is 0 Å². The molecule has 2 heterocycles. The van der Waals surface area contributed by atoms with Crippen LogP contribution in [0.5, 0.6) is 0 Å². The average Bonchev–Trinajstić information content (AvgIpc) is 3.27. The van der Waals surface area contributed by atoms with Gasteiger partial charge in [0, 0.05) is 36.8 Å². The van der Waals surface area contributed by atoms with E-state index in [9.17, 15) is 14.7 Å². The number of rotatable bonds is 6. The van der Waals surface area contributed by atoms with E-state index >= 15 is 0 Å². The van der Waals surface area contributed by atoms with Crippen molar-refractivity contribution in [2.45, 2.75) is 12.5 Å². The number of hydrogen-bond donors (Lipinski definition) is 1. The lowest BCUT2D eigenvalue weighted by molar-refractivity contribution is -0.141. The third kappa shape index (κ3) is 4.48. The Balaban J connectivity index is 1.74. The summed E-state index contributed by atoms with van der Waals surface area (Å²) in [5, 5.41) is 14.5. The molecule has 0 bridgehead atoms. The number of halogens is 1. The van der Waals surface area contributed by atoms with Gasteiger partial charge in [-0.2, -0.15) is 5.10 Å². The van der Waals surface area contributed by atoms with Crippen molar-refractivity contribution < 1.29 is 14.7 Å². The Kier molecular flexibility index (Phi) is 5.82. The molecule has 0 saturated carbocycles. The molecule has 1 N–H and O–H groups in total. The number of likely N-dealkylation sites (tertiary alicyclic amines) is 1. The molecule has 1 aromatic carbocycles. The van der Waals surface area contributed by atoms with Crippen molar-refractivity contribution in [2.24, 2.45) is 5.92 Å². The summed E-state index contributed by atoms with van der Waals surface area (Å²) in [5.41, 5.74) is 1.22. The first-order chi connectivity index (χ1) is 12.8. The first-order valence-corrected chi connectivity index (χ1v) is 9.18. The quantitative estimate of drug-likeness (QED) is 0.816. The standard InChI is InChI=1S/C19H23ClN4O3/c1-22(2)9-10-24-8-7-17(21-24)18(25)23-11-15(16(12-23)19(26)27)13-3-5-14(20)6-4-13/h3-8,15-16H,9-12H2,1-2H3,(H,26,27)/t15-,16+/m0/s1. The van der Waals surface area contributed by atoms with Crippen LogP contribution in [0.15, 0.2) is 36.5 Å². The zero-order chi connectivity index (χ0) is 19.6. The zero-order valence-electron chi connectivity index (χ0n) is 15.4. The fourth-order valence-electron chi connectivity index (χ4n) is 3.33. The fourth-order valence-corrected chi connectivity index (χ4v) is 3.46. The van der Waals surface area contributed by atoms with Crippen LogP contribution in [0, 0.1) is 5.92 Å². The molecule has 2 aromatic rings. The van der Waals surface area contributed by atoms with Gasteiger partial charge in [0.1, 0.15) is 5.69 Å². The summed E-state index contributed by atoms with van der Waals surface area (Å²) in [6.07, 6.45) is 1.78. The fraction of sp³-hybridized carbons (Fsp3) is 0.421. The SMILES string of the molecule is CN(C)CCn1ccc(C(=O)N2C[C@@H](C(=O)O)[C@H](c3ccc(Cl)cc3)C2)n1. The molecule has 1 aromatic heterocycles. The molecule has 1 aliphatic rings. The molecule has 0 unspecified atom stereocenters. The minimum Gasteiger partial charge on any atom is -0.481 e. The van der Waals surface area contributed by atoms with E-state index in [2.05, 4.69) is 5.10 Å². The monoisotopic (exact) mass is 390 g/mol. The second kappa shape index (κ2) is 8.10. The Morgan fingerprint density at radius 3 is 2.56 bits per heavy atom. The van der Waals surface area contributed by atoms with E-state index in [0.29, 0.717) is 23.8 Å². The van der Waals surface area contributed by atoms with Crippen molar-refractivity contribution in [1.82, 2.24) is 19.6 Å². The normalized spacial score (nSPS) is 19.6. The third-order valence-electron chi connectivity index (χ3n) is 4.86. The van der Waals surface area contributed by atoms with Gasteiger partial charge in [0.05, 0.1) is 12.5 Å². The van der Waals surface area contributed by atoms with Crippen LogP contribution in [0.2, 0.25) is 5.02 Å². The van der Waals surface area contributed by atoms with Gasteiger partial charge >= 0.3 is 5.97 Å². The lowest BCUT2D eigenvalue weighted by Gasteiger charge is -2.15. The van der Waals surface area contributed by atoms with E-state index < -0.39 is 11.9 Å². The van der Waals surface area contributed by atoms with Gasteiger partial charge in [-0.25, -0.2) is 0 Å². The molecule has 1 aliphatic heterocycles. The number of carboxylic acids is 1. The van der Waals surface area contributed by atoms with E-state index in [-0.39, 0.29) is 18.4 Å². The molecular weight excluding hydrogens is 368 g/mol. The molecule has 27 heavy (non-hydrogen) atoms. The number of carbonyl (C=O) groups excluding carboxylic acids is 1. The first kappa shape index (κ1) is 19.4. The molecule has 0 spiro atoms. The Morgan fingerprint density at radius 1 is 1.22 bits per heavy atom. The van der Waals surface area contributed by atoms with E-state index in [1.165, 1.54) is 0 Å². The molecule has 8 heteroatoms. The molecule has 1 saturated heterocycles. The third-order valence-corrected chi connectivity index (χ3v) is 5.11. The number of likely N-dealkylation sites (N-methyl/N-ethyl adjacent to an activating group) is 1. The summed E-state index contributed by atoms with van der Waals surface area (Å²) < 4.78 is 1.73. The van der Waals surface area contributed by atoms with Gasteiger partial charge in [-0.1, -0.05) is 23.7 Å². The van der Waals surface area contributed by atoms with E-state index in [1.807, 2.05) is 31.1 Å². The molecule has 144 valence electrons. The highest BCUT2D eigenvalue weighted by Gasteiger charge is 2.41. The maximum Gasteiger partial charge on any atom is 0.308 e. The van der Waals surface area contributed by atoms with Gasteiger partial charge < -0.3 is 14.9 Å². The van der Waals surface area contributed by atoms with Gasteiger partial charge in [0.2, 0.25) is 0 Å². The summed E-state index contributed by atoms with van der Waals surface area (Å²) in [6, 6.07) is 8.82. The number of nitrogens with zero attached hydrogens (tertiary/aromatic N) is 4. The van der Waals surface area contributed by atoms with Crippen molar-refractivity contribution >= 4 is 23.5 Å². The lowest BCUT2D eigenvalue weighted by atomic mass is 9.89. The number of carboxylic acid groups (broad SMARTS) is 1.